The summed E-state index contributed by atoms with van der Waals surface area (Å²) in [6.07, 6.45) is 2.71. The molecule has 0 radical (unpaired) electrons. The van der Waals surface area contributed by atoms with Crippen LogP contribution in [-0.2, 0) is 17.8 Å². The smallest absolute Gasteiger partial charge is 0.192 e. The van der Waals surface area contributed by atoms with Crippen LogP contribution in [-0.4, -0.2) is 21.5 Å². The summed E-state index contributed by atoms with van der Waals surface area (Å²) >= 11 is 0. The van der Waals surface area contributed by atoms with Crippen molar-refractivity contribution in [3.05, 3.63) is 94.6 Å². The van der Waals surface area contributed by atoms with Crippen molar-refractivity contribution in [3.8, 4) is 0 Å². The average molecular weight is 409 g/mol. The third-order valence-electron chi connectivity index (χ3n) is 5.76. The van der Waals surface area contributed by atoms with Gasteiger partial charge in [-0.15, -0.1) is 0 Å². The lowest BCUT2D eigenvalue weighted by molar-refractivity contribution is -0.118. The van der Waals surface area contributed by atoms with Crippen LogP contribution in [0.15, 0.2) is 70.2 Å². The lowest BCUT2D eigenvalue weighted by atomic mass is 9.94. The second kappa shape index (κ2) is 7.91. The van der Waals surface area contributed by atoms with Gasteiger partial charge in [0.25, 0.3) is 0 Å². The van der Waals surface area contributed by atoms with E-state index in [0.717, 1.165) is 39.2 Å². The maximum absolute atomic E-state index is 12.6. The molecule has 0 unspecified atom stereocenters. The van der Waals surface area contributed by atoms with Gasteiger partial charge in [-0.25, -0.2) is 4.98 Å². The fourth-order valence-electron chi connectivity index (χ4n) is 4.19. The third-order valence-corrected chi connectivity index (χ3v) is 5.76. The SMILES string of the molecule is Cc1nc2ccc(C3=NCc4cc(CC(=O)C[C@H](C)c5ccccc5)ncc43)cc2o1. The molecule has 2 aromatic heterocycles. The Morgan fingerprint density at radius 1 is 1.13 bits per heavy atom. The number of fused-ring (bicyclic) bond motifs is 2. The van der Waals surface area contributed by atoms with Gasteiger partial charge in [0.05, 0.1) is 12.3 Å². The van der Waals surface area contributed by atoms with Crippen LogP contribution in [0.3, 0.4) is 0 Å². The normalized spacial score (nSPS) is 13.8. The minimum atomic E-state index is 0.202. The van der Waals surface area contributed by atoms with E-state index < -0.39 is 0 Å². The standard InChI is InChI=1S/C26H23N3O2/c1-16(18-6-4-3-5-7-18)10-22(30)13-21-11-20-14-28-26(23(20)15-27-21)19-8-9-24-25(12-19)31-17(2)29-24/h3-9,11-12,15-16H,10,13-14H2,1-2H3/t16-/m0/s1. The van der Waals surface area contributed by atoms with E-state index in [-0.39, 0.29) is 11.7 Å². The lowest BCUT2D eigenvalue weighted by Crippen LogP contribution is -2.10. The summed E-state index contributed by atoms with van der Waals surface area (Å²) in [5, 5.41) is 0. The molecule has 2 aromatic carbocycles. The summed E-state index contributed by atoms with van der Waals surface area (Å²) in [6, 6.07) is 18.1. The molecular formula is C26H23N3O2. The number of nitrogens with zero attached hydrogens (tertiary/aromatic N) is 3. The van der Waals surface area contributed by atoms with Gasteiger partial charge in [0.2, 0.25) is 0 Å². The Morgan fingerprint density at radius 2 is 1.97 bits per heavy atom. The van der Waals surface area contributed by atoms with Crippen molar-refractivity contribution in [2.45, 2.75) is 39.2 Å². The number of pyridine rings is 1. The molecule has 0 aliphatic carbocycles. The summed E-state index contributed by atoms with van der Waals surface area (Å²) in [6.45, 7) is 4.54. The van der Waals surface area contributed by atoms with Crippen LogP contribution in [0, 0.1) is 6.92 Å². The number of Topliss-reactive ketones (excluding diaryl/α,β-unsaturated/α-hetero) is 1. The van der Waals surface area contributed by atoms with E-state index in [1.54, 1.807) is 0 Å². The van der Waals surface area contributed by atoms with Crippen LogP contribution >= 0.6 is 0 Å². The van der Waals surface area contributed by atoms with E-state index in [1.807, 2.05) is 55.6 Å². The average Bonchev–Trinajstić information content (AvgIpc) is 3.35. The maximum Gasteiger partial charge on any atom is 0.192 e. The van der Waals surface area contributed by atoms with Gasteiger partial charge in [0.1, 0.15) is 11.3 Å². The predicted molar refractivity (Wildman–Crippen MR) is 121 cm³/mol. The Kier molecular flexibility index (Phi) is 4.94. The fraction of sp³-hybridized carbons (Fsp3) is 0.231. The number of carbonyl (C=O) groups excluding carboxylic acids is 1. The van der Waals surface area contributed by atoms with Gasteiger partial charge >= 0.3 is 0 Å². The minimum Gasteiger partial charge on any atom is -0.441 e. The zero-order chi connectivity index (χ0) is 21.4. The monoisotopic (exact) mass is 409 g/mol. The van der Waals surface area contributed by atoms with Gasteiger partial charge in [-0.1, -0.05) is 43.3 Å². The van der Waals surface area contributed by atoms with Crippen LogP contribution in [0.2, 0.25) is 0 Å². The summed E-state index contributed by atoms with van der Waals surface area (Å²) in [5.41, 5.74) is 7.63. The highest BCUT2D eigenvalue weighted by Gasteiger charge is 2.20. The highest BCUT2D eigenvalue weighted by molar-refractivity contribution is 6.15. The van der Waals surface area contributed by atoms with Crippen LogP contribution in [0.1, 0.15) is 53.1 Å². The van der Waals surface area contributed by atoms with E-state index in [9.17, 15) is 4.79 Å². The predicted octanol–water partition coefficient (Wildman–Crippen LogP) is 5.19. The van der Waals surface area contributed by atoms with E-state index in [1.165, 1.54) is 5.56 Å². The molecule has 1 atom stereocenters. The van der Waals surface area contributed by atoms with Crippen molar-refractivity contribution in [3.63, 3.8) is 0 Å². The largest absolute Gasteiger partial charge is 0.441 e. The second-order valence-corrected chi connectivity index (χ2v) is 8.14. The Labute approximate surface area is 180 Å². The van der Waals surface area contributed by atoms with E-state index >= 15 is 0 Å². The van der Waals surface area contributed by atoms with Gasteiger partial charge < -0.3 is 4.42 Å². The molecule has 0 fully saturated rings. The third kappa shape index (κ3) is 3.91. The number of ketones is 1. The Morgan fingerprint density at radius 3 is 2.81 bits per heavy atom. The Balaban J connectivity index is 1.31. The molecule has 4 aromatic rings. The molecule has 5 nitrogen and oxygen atoms in total. The molecule has 1 aliphatic heterocycles. The fourth-order valence-corrected chi connectivity index (χ4v) is 4.19. The quantitative estimate of drug-likeness (QED) is 0.440. The minimum absolute atomic E-state index is 0.202. The molecule has 0 spiro atoms. The molecule has 5 rings (SSSR count). The first-order valence-corrected chi connectivity index (χ1v) is 10.5. The van der Waals surface area contributed by atoms with E-state index in [0.29, 0.717) is 25.3 Å². The zero-order valence-corrected chi connectivity index (χ0v) is 17.6. The molecule has 0 saturated heterocycles. The molecule has 0 saturated carbocycles. The topological polar surface area (TPSA) is 68.3 Å². The molecule has 154 valence electrons. The van der Waals surface area contributed by atoms with Crippen molar-refractivity contribution in [2.75, 3.05) is 0 Å². The highest BCUT2D eigenvalue weighted by atomic mass is 16.3. The van der Waals surface area contributed by atoms with Gasteiger partial charge in [-0.2, -0.15) is 0 Å². The summed E-state index contributed by atoms with van der Waals surface area (Å²) in [5.74, 6) is 1.06. The number of aryl methyl sites for hydroxylation is 1. The van der Waals surface area contributed by atoms with Crippen molar-refractivity contribution in [1.82, 2.24) is 9.97 Å². The van der Waals surface area contributed by atoms with Crippen LogP contribution in [0.4, 0.5) is 0 Å². The number of rotatable bonds is 6. The first kappa shape index (κ1) is 19.4. The second-order valence-electron chi connectivity index (χ2n) is 8.14. The van der Waals surface area contributed by atoms with E-state index in [4.69, 9.17) is 9.41 Å². The molecule has 0 bridgehead atoms. The number of aliphatic imine (C=N–C) groups is 1. The highest BCUT2D eigenvalue weighted by Crippen LogP contribution is 2.26. The van der Waals surface area contributed by atoms with Gasteiger partial charge in [-0.3, -0.25) is 14.8 Å². The number of hydrogen-bond acceptors (Lipinski definition) is 5. The maximum atomic E-state index is 12.6. The molecule has 0 amide bonds. The number of aromatic nitrogens is 2. The molecule has 31 heavy (non-hydrogen) atoms. The summed E-state index contributed by atoms with van der Waals surface area (Å²) in [7, 11) is 0. The Hall–Kier alpha value is -3.60. The van der Waals surface area contributed by atoms with Crippen LogP contribution < -0.4 is 0 Å². The van der Waals surface area contributed by atoms with Gasteiger partial charge in [0.15, 0.2) is 11.5 Å². The summed E-state index contributed by atoms with van der Waals surface area (Å²) < 4.78 is 5.66. The van der Waals surface area contributed by atoms with E-state index in [2.05, 4.69) is 29.0 Å². The van der Waals surface area contributed by atoms with Crippen molar-refractivity contribution in [1.29, 1.82) is 0 Å². The number of hydrogen-bond donors (Lipinski definition) is 0. The molecule has 1 aliphatic rings. The van der Waals surface area contributed by atoms with Crippen molar-refractivity contribution >= 4 is 22.6 Å². The number of benzene rings is 2. The first-order chi connectivity index (χ1) is 15.1. The molecule has 3 heterocycles. The lowest BCUT2D eigenvalue weighted by Gasteiger charge is -2.11. The van der Waals surface area contributed by atoms with Crippen LogP contribution in [0.5, 0.6) is 0 Å². The zero-order valence-electron chi connectivity index (χ0n) is 17.6. The summed E-state index contributed by atoms with van der Waals surface area (Å²) in [4.78, 5) is 26.3. The van der Waals surface area contributed by atoms with Crippen molar-refractivity contribution in [2.24, 2.45) is 4.99 Å². The number of carbonyl (C=O) groups is 1. The molecule has 5 heteroatoms. The van der Waals surface area contributed by atoms with Crippen LogP contribution in [0.25, 0.3) is 11.1 Å². The van der Waals surface area contributed by atoms with Gasteiger partial charge in [0, 0.05) is 42.8 Å². The van der Waals surface area contributed by atoms with Crippen molar-refractivity contribution < 1.29 is 9.21 Å². The van der Waals surface area contributed by atoms with Gasteiger partial charge in [-0.05, 0) is 35.2 Å². The number of oxazole rings is 1. The first-order valence-electron chi connectivity index (χ1n) is 10.5. The molecular weight excluding hydrogens is 386 g/mol. The Bertz CT molecular complexity index is 1300. The molecule has 0 N–H and O–H groups in total.